The number of rotatable bonds is 3. The third kappa shape index (κ3) is 6.10. The summed E-state index contributed by atoms with van der Waals surface area (Å²) in [5.74, 6) is 0. The van der Waals surface area contributed by atoms with Crippen LogP contribution >= 0.6 is 0 Å². The Morgan fingerprint density at radius 1 is 0.719 bits per heavy atom. The Morgan fingerprint density at radius 3 is 2.06 bits per heavy atom. The van der Waals surface area contributed by atoms with Crippen LogP contribution in [-0.4, -0.2) is 14.8 Å². The van der Waals surface area contributed by atoms with Crippen molar-refractivity contribution in [3.05, 3.63) is 127 Å². The van der Waals surface area contributed by atoms with E-state index in [0.717, 1.165) is 28.2 Å². The second-order valence-corrected chi connectivity index (χ2v) is 7.26. The molecule has 161 valence electrons. The number of nitrogens with zero attached hydrogens (tertiary/aromatic N) is 3. The van der Waals surface area contributed by atoms with Crippen LogP contribution < -0.4 is 0 Å². The summed E-state index contributed by atoms with van der Waals surface area (Å²) in [6.45, 7) is 4.22. The van der Waals surface area contributed by atoms with Crippen LogP contribution in [0.2, 0.25) is 0 Å². The van der Waals surface area contributed by atoms with Crippen LogP contribution in [-0.2, 0) is 20.1 Å². The zero-order valence-corrected chi connectivity index (χ0v) is 20.4. The maximum absolute atomic E-state index is 4.62. The Hall–Kier alpha value is -3.33. The van der Waals surface area contributed by atoms with Crippen LogP contribution in [0.5, 0.6) is 0 Å². The van der Waals surface area contributed by atoms with E-state index in [4.69, 9.17) is 0 Å². The Bertz CT molecular complexity index is 1180. The summed E-state index contributed by atoms with van der Waals surface area (Å²) in [6.07, 6.45) is 3.76. The average Bonchev–Trinajstić information content (AvgIpc) is 3.31. The molecule has 2 heterocycles. The Labute approximate surface area is 203 Å². The minimum Gasteiger partial charge on any atom is -0.305 e. The van der Waals surface area contributed by atoms with Gasteiger partial charge in [-0.15, -0.1) is 42.0 Å². The monoisotopic (exact) mass is 594 g/mol. The Morgan fingerprint density at radius 2 is 1.44 bits per heavy atom. The van der Waals surface area contributed by atoms with Gasteiger partial charge in [-0.2, -0.15) is 29.4 Å². The second kappa shape index (κ2) is 11.3. The molecule has 0 amide bonds. The van der Waals surface area contributed by atoms with E-state index in [0.29, 0.717) is 0 Å². The molecule has 1 radical (unpaired) electrons. The summed E-state index contributed by atoms with van der Waals surface area (Å²) in [4.78, 5) is 4.22. The van der Waals surface area contributed by atoms with E-state index in [1.54, 1.807) is 6.20 Å². The van der Waals surface area contributed by atoms with Crippen LogP contribution in [0.4, 0.5) is 0 Å². The second-order valence-electron chi connectivity index (χ2n) is 7.26. The van der Waals surface area contributed by atoms with Gasteiger partial charge in [-0.05, 0) is 49.5 Å². The third-order valence-electron chi connectivity index (χ3n) is 4.70. The van der Waals surface area contributed by atoms with Gasteiger partial charge in [0.15, 0.2) is 0 Å². The minimum absolute atomic E-state index is 0. The van der Waals surface area contributed by atoms with Gasteiger partial charge in [-0.25, -0.2) is 0 Å². The van der Waals surface area contributed by atoms with Crippen LogP contribution in [0.1, 0.15) is 11.1 Å². The predicted molar refractivity (Wildman–Crippen MR) is 126 cm³/mol. The van der Waals surface area contributed by atoms with Crippen LogP contribution in [0.15, 0.2) is 103 Å². The molecule has 3 nitrogen and oxygen atoms in total. The number of pyridine rings is 1. The van der Waals surface area contributed by atoms with Crippen LogP contribution in [0.3, 0.4) is 0 Å². The van der Waals surface area contributed by atoms with E-state index < -0.39 is 0 Å². The summed E-state index contributed by atoms with van der Waals surface area (Å²) < 4.78 is 1.85. The number of hydrogen-bond acceptors (Lipinski definition) is 2. The molecule has 0 bridgehead atoms. The molecule has 0 saturated carbocycles. The number of para-hydroxylation sites is 1. The summed E-state index contributed by atoms with van der Waals surface area (Å²) in [7, 11) is 0. The van der Waals surface area contributed by atoms with Crippen molar-refractivity contribution in [2.45, 2.75) is 13.8 Å². The molecule has 5 rings (SSSR count). The summed E-state index contributed by atoms with van der Waals surface area (Å²) in [5, 5.41) is 4.62. The molecule has 4 heteroatoms. The summed E-state index contributed by atoms with van der Waals surface area (Å²) in [6, 6.07) is 36.4. The minimum atomic E-state index is 0. The number of benzene rings is 3. The molecule has 5 aromatic rings. The van der Waals surface area contributed by atoms with Gasteiger partial charge in [0.1, 0.15) is 0 Å². The van der Waals surface area contributed by atoms with E-state index >= 15 is 0 Å². The van der Waals surface area contributed by atoms with Crippen LogP contribution in [0.25, 0.3) is 28.2 Å². The summed E-state index contributed by atoms with van der Waals surface area (Å²) in [5.41, 5.74) is 7.64. The van der Waals surface area contributed by atoms with Gasteiger partial charge in [-0.1, -0.05) is 29.3 Å². The smallest absolute Gasteiger partial charge is 0.0926 e. The maximum Gasteiger partial charge on any atom is 0.0926 e. The molecular formula is C28H23IrN3-2. The van der Waals surface area contributed by atoms with E-state index in [2.05, 4.69) is 54.3 Å². The van der Waals surface area contributed by atoms with E-state index in [1.807, 2.05) is 83.7 Å². The SMILES string of the molecule is Cc1cc(C)cc(-c2ccn(-c3[c-]cccc3)n2)c1.[Ir].[c-]1ccccc1-c1ccccn1. The molecule has 0 saturated heterocycles. The van der Waals surface area contributed by atoms with E-state index in [1.165, 1.54) is 11.1 Å². The fraction of sp³-hybridized carbons (Fsp3) is 0.0714. The van der Waals surface area contributed by atoms with Gasteiger partial charge < -0.3 is 4.98 Å². The number of hydrogen-bond donors (Lipinski definition) is 0. The molecule has 2 aromatic heterocycles. The fourth-order valence-corrected chi connectivity index (χ4v) is 3.34. The van der Waals surface area contributed by atoms with E-state index in [9.17, 15) is 0 Å². The van der Waals surface area contributed by atoms with Gasteiger partial charge in [0.25, 0.3) is 0 Å². The maximum atomic E-state index is 4.62. The Kier molecular flexibility index (Phi) is 8.27. The molecule has 0 atom stereocenters. The van der Waals surface area contributed by atoms with Crippen molar-refractivity contribution >= 4 is 0 Å². The van der Waals surface area contributed by atoms with Gasteiger partial charge in [0, 0.05) is 38.1 Å². The molecule has 0 spiro atoms. The molecule has 0 unspecified atom stereocenters. The van der Waals surface area contributed by atoms with Crippen molar-refractivity contribution in [3.8, 4) is 28.2 Å². The number of aryl methyl sites for hydroxylation is 2. The summed E-state index contributed by atoms with van der Waals surface area (Å²) >= 11 is 0. The first-order chi connectivity index (χ1) is 15.2. The predicted octanol–water partition coefficient (Wildman–Crippen LogP) is 6.50. The molecule has 32 heavy (non-hydrogen) atoms. The topological polar surface area (TPSA) is 30.7 Å². The van der Waals surface area contributed by atoms with Gasteiger partial charge >= 0.3 is 0 Å². The first kappa shape index (κ1) is 23.3. The molecule has 0 aliphatic heterocycles. The van der Waals surface area contributed by atoms with Gasteiger partial charge in [-0.3, -0.25) is 4.68 Å². The normalized spacial score (nSPS) is 9.94. The van der Waals surface area contributed by atoms with Crippen molar-refractivity contribution in [1.82, 2.24) is 14.8 Å². The molecule has 3 aromatic carbocycles. The van der Waals surface area contributed by atoms with Crippen molar-refractivity contribution in [1.29, 1.82) is 0 Å². The first-order valence-corrected chi connectivity index (χ1v) is 10.2. The standard InChI is InChI=1S/C17H15N2.C11H8N.Ir/c1-13-10-14(2)12-15(11-13)17-8-9-19(18-17)16-6-4-3-5-7-16;1-2-6-10(7-3-1)11-8-4-5-9-12-11;/h3-6,8-12H,1-2H3;1-6,8-9H;/q2*-1;. The fourth-order valence-electron chi connectivity index (χ4n) is 3.34. The third-order valence-corrected chi connectivity index (χ3v) is 4.70. The molecule has 0 aliphatic carbocycles. The van der Waals surface area contributed by atoms with Crippen molar-refractivity contribution in [2.75, 3.05) is 0 Å². The quantitative estimate of drug-likeness (QED) is 0.224. The van der Waals surface area contributed by atoms with Crippen molar-refractivity contribution in [2.24, 2.45) is 0 Å². The molecule has 0 aliphatic rings. The zero-order valence-electron chi connectivity index (χ0n) is 18.0. The van der Waals surface area contributed by atoms with Crippen molar-refractivity contribution < 1.29 is 20.1 Å². The van der Waals surface area contributed by atoms with Gasteiger partial charge in [0.2, 0.25) is 0 Å². The largest absolute Gasteiger partial charge is 0.305 e. The Balaban J connectivity index is 0.000000193. The molecule has 0 fully saturated rings. The van der Waals surface area contributed by atoms with E-state index in [-0.39, 0.29) is 20.1 Å². The van der Waals surface area contributed by atoms with Crippen LogP contribution in [0, 0.1) is 26.0 Å². The first-order valence-electron chi connectivity index (χ1n) is 10.2. The molecular weight excluding hydrogens is 571 g/mol. The number of aromatic nitrogens is 3. The van der Waals surface area contributed by atoms with Gasteiger partial charge in [0.05, 0.1) is 5.69 Å². The zero-order chi connectivity index (χ0) is 21.5. The molecule has 0 N–H and O–H groups in total. The van der Waals surface area contributed by atoms with Crippen molar-refractivity contribution in [3.63, 3.8) is 0 Å². The average molecular weight is 594 g/mol.